The van der Waals surface area contributed by atoms with E-state index >= 15 is 0 Å². The summed E-state index contributed by atoms with van der Waals surface area (Å²) >= 11 is 0. The fourth-order valence-corrected chi connectivity index (χ4v) is 1.95. The molecule has 1 rings (SSSR count). The van der Waals surface area contributed by atoms with Crippen molar-refractivity contribution in [3.63, 3.8) is 0 Å². The van der Waals surface area contributed by atoms with Gasteiger partial charge in [0.05, 0.1) is 0 Å². The maximum absolute atomic E-state index is 12.1. The van der Waals surface area contributed by atoms with Crippen LogP contribution in [0.4, 0.5) is 0 Å². The second kappa shape index (κ2) is 4.87. The molecule has 0 saturated carbocycles. The summed E-state index contributed by atoms with van der Waals surface area (Å²) in [5.41, 5.74) is -1.66. The Hall–Kier alpha value is -0.820. The van der Waals surface area contributed by atoms with Gasteiger partial charge in [0.25, 0.3) is 11.6 Å². The van der Waals surface area contributed by atoms with E-state index in [2.05, 4.69) is 0 Å². The van der Waals surface area contributed by atoms with E-state index in [0.29, 0.717) is 0 Å². The van der Waals surface area contributed by atoms with Crippen LogP contribution in [0.3, 0.4) is 0 Å². The lowest BCUT2D eigenvalue weighted by molar-refractivity contribution is -0.340. The highest BCUT2D eigenvalue weighted by Crippen LogP contribution is 2.33. The zero-order chi connectivity index (χ0) is 16.0. The van der Waals surface area contributed by atoms with Crippen LogP contribution >= 0.6 is 0 Å². The minimum absolute atomic E-state index is 0.560. The maximum atomic E-state index is 12.1. The molecular formula is C14H24O6. The molecule has 2 unspecified atom stereocenters. The average molecular weight is 288 g/mol. The van der Waals surface area contributed by atoms with Crippen LogP contribution in [-0.2, 0) is 19.1 Å². The first-order chi connectivity index (χ1) is 8.72. The summed E-state index contributed by atoms with van der Waals surface area (Å²) in [4.78, 5) is 24.2. The normalized spacial score (nSPS) is 32.0. The molecule has 0 aromatic carbocycles. The number of ketones is 2. The van der Waals surface area contributed by atoms with Gasteiger partial charge in [-0.1, -0.05) is 41.5 Å². The molecule has 1 aliphatic rings. The zero-order valence-corrected chi connectivity index (χ0v) is 12.9. The van der Waals surface area contributed by atoms with E-state index in [-0.39, 0.29) is 0 Å². The summed E-state index contributed by atoms with van der Waals surface area (Å²) in [6, 6.07) is 0. The molecule has 0 aliphatic carbocycles. The number of carbonyl (C=O) groups is 2. The molecule has 1 heterocycles. The standard InChI is InChI=1S/C14H24O6/c1-11(2,3)9(15)13(17)7-20-14(18,8-19-13)10(16)12(4,5)6/h17-18H,7-8H2,1-6H3. The molecule has 6 heteroatoms. The summed E-state index contributed by atoms with van der Waals surface area (Å²) in [5, 5.41) is 20.3. The Morgan fingerprint density at radius 3 is 1.20 bits per heavy atom. The van der Waals surface area contributed by atoms with Crippen molar-refractivity contribution in [2.75, 3.05) is 13.2 Å². The van der Waals surface area contributed by atoms with Gasteiger partial charge in [-0.3, -0.25) is 9.59 Å². The lowest BCUT2D eigenvalue weighted by Crippen LogP contribution is -2.63. The molecule has 0 radical (unpaired) electrons. The summed E-state index contributed by atoms with van der Waals surface area (Å²) in [7, 11) is 0. The van der Waals surface area contributed by atoms with Crippen molar-refractivity contribution in [2.45, 2.75) is 53.1 Å². The summed E-state index contributed by atoms with van der Waals surface area (Å²) < 4.78 is 10.2. The number of Topliss-reactive ketones (excluding diaryl/α,β-unsaturated/α-hetero) is 2. The van der Waals surface area contributed by atoms with Crippen molar-refractivity contribution in [2.24, 2.45) is 10.8 Å². The predicted molar refractivity (Wildman–Crippen MR) is 70.7 cm³/mol. The van der Waals surface area contributed by atoms with Gasteiger partial charge < -0.3 is 19.7 Å². The van der Waals surface area contributed by atoms with E-state index < -0.39 is 47.2 Å². The highest BCUT2D eigenvalue weighted by atomic mass is 16.7. The van der Waals surface area contributed by atoms with Gasteiger partial charge in [0.2, 0.25) is 0 Å². The van der Waals surface area contributed by atoms with Gasteiger partial charge in [0, 0.05) is 10.8 Å². The average Bonchev–Trinajstić information content (AvgIpc) is 2.29. The Bertz CT molecular complexity index is 364. The molecule has 1 aliphatic heterocycles. The van der Waals surface area contributed by atoms with Crippen molar-refractivity contribution >= 4 is 11.6 Å². The van der Waals surface area contributed by atoms with Gasteiger partial charge in [-0.05, 0) is 0 Å². The third-order valence-corrected chi connectivity index (χ3v) is 3.09. The third kappa shape index (κ3) is 3.25. The Balaban J connectivity index is 2.87. The molecule has 0 amide bonds. The second-order valence-electron chi connectivity index (χ2n) is 7.30. The van der Waals surface area contributed by atoms with E-state index in [1.54, 1.807) is 41.5 Å². The molecule has 116 valence electrons. The van der Waals surface area contributed by atoms with Gasteiger partial charge in [-0.2, -0.15) is 0 Å². The van der Waals surface area contributed by atoms with Crippen molar-refractivity contribution in [1.82, 2.24) is 0 Å². The largest absolute Gasteiger partial charge is 0.358 e. The molecule has 2 N–H and O–H groups in total. The number of hydrogen-bond donors (Lipinski definition) is 2. The first-order valence-corrected chi connectivity index (χ1v) is 6.55. The summed E-state index contributed by atoms with van der Waals surface area (Å²) in [6.07, 6.45) is 0. The zero-order valence-electron chi connectivity index (χ0n) is 12.9. The van der Waals surface area contributed by atoms with Crippen molar-refractivity contribution in [3.05, 3.63) is 0 Å². The highest BCUT2D eigenvalue weighted by molar-refractivity contribution is 5.92. The first-order valence-electron chi connectivity index (χ1n) is 6.55. The van der Waals surface area contributed by atoms with E-state index in [4.69, 9.17) is 9.47 Å². The van der Waals surface area contributed by atoms with E-state index in [1.165, 1.54) is 0 Å². The van der Waals surface area contributed by atoms with Crippen LogP contribution in [0.1, 0.15) is 41.5 Å². The Kier molecular flexibility index (Phi) is 4.20. The fraction of sp³-hybridized carbons (Fsp3) is 0.857. The minimum Gasteiger partial charge on any atom is -0.358 e. The lowest BCUT2D eigenvalue weighted by Gasteiger charge is -2.42. The van der Waals surface area contributed by atoms with Crippen LogP contribution < -0.4 is 0 Å². The molecule has 2 atom stereocenters. The van der Waals surface area contributed by atoms with Crippen molar-refractivity contribution in [1.29, 1.82) is 0 Å². The van der Waals surface area contributed by atoms with Gasteiger partial charge in [0.1, 0.15) is 13.2 Å². The van der Waals surface area contributed by atoms with E-state index in [0.717, 1.165) is 0 Å². The monoisotopic (exact) mass is 288 g/mol. The molecule has 0 spiro atoms. The predicted octanol–water partition coefficient (Wildman–Crippen LogP) is 0.641. The Morgan fingerprint density at radius 2 is 1.05 bits per heavy atom. The highest BCUT2D eigenvalue weighted by Gasteiger charge is 2.54. The van der Waals surface area contributed by atoms with Crippen LogP contribution in [0.15, 0.2) is 0 Å². The number of ether oxygens (including phenoxy) is 2. The molecule has 1 fully saturated rings. The Morgan fingerprint density at radius 1 is 0.800 bits per heavy atom. The van der Waals surface area contributed by atoms with E-state index in [9.17, 15) is 19.8 Å². The molecule has 0 aromatic heterocycles. The summed E-state index contributed by atoms with van der Waals surface area (Å²) in [6.45, 7) is 8.66. The van der Waals surface area contributed by atoms with Gasteiger partial charge in [0.15, 0.2) is 11.6 Å². The van der Waals surface area contributed by atoms with Crippen LogP contribution in [0, 0.1) is 10.8 Å². The summed E-state index contributed by atoms with van der Waals surface area (Å²) in [5.74, 6) is -5.39. The van der Waals surface area contributed by atoms with Crippen LogP contribution in [0.5, 0.6) is 0 Å². The smallest absolute Gasteiger partial charge is 0.251 e. The quantitative estimate of drug-likeness (QED) is 0.774. The number of hydrogen-bond acceptors (Lipinski definition) is 6. The third-order valence-electron chi connectivity index (χ3n) is 3.09. The molecule has 1 saturated heterocycles. The van der Waals surface area contributed by atoms with E-state index in [1.807, 2.05) is 0 Å². The first kappa shape index (κ1) is 17.2. The molecule has 0 bridgehead atoms. The lowest BCUT2D eigenvalue weighted by atomic mass is 9.83. The number of rotatable bonds is 2. The molecular weight excluding hydrogens is 264 g/mol. The Labute approximate surface area is 119 Å². The van der Waals surface area contributed by atoms with Crippen molar-refractivity contribution < 1.29 is 29.3 Å². The SMILES string of the molecule is CC(C)(C)C(=O)C1(O)COC(O)(C(=O)C(C)(C)C)CO1. The van der Waals surface area contributed by atoms with Gasteiger partial charge >= 0.3 is 0 Å². The van der Waals surface area contributed by atoms with Crippen LogP contribution in [-0.4, -0.2) is 46.6 Å². The maximum Gasteiger partial charge on any atom is 0.251 e. The van der Waals surface area contributed by atoms with Crippen molar-refractivity contribution in [3.8, 4) is 0 Å². The van der Waals surface area contributed by atoms with Gasteiger partial charge in [-0.25, -0.2) is 0 Å². The fourth-order valence-electron chi connectivity index (χ4n) is 1.95. The van der Waals surface area contributed by atoms with Crippen LogP contribution in [0.2, 0.25) is 0 Å². The topological polar surface area (TPSA) is 93.1 Å². The second-order valence-corrected chi connectivity index (χ2v) is 7.30. The number of carbonyl (C=O) groups excluding carboxylic acids is 2. The minimum atomic E-state index is -2.14. The molecule has 20 heavy (non-hydrogen) atoms. The van der Waals surface area contributed by atoms with Gasteiger partial charge in [-0.15, -0.1) is 0 Å². The van der Waals surface area contributed by atoms with Crippen LogP contribution in [0.25, 0.3) is 0 Å². The molecule has 6 nitrogen and oxygen atoms in total. The molecule has 0 aromatic rings. The number of aliphatic hydroxyl groups is 2.